The second-order valence-electron chi connectivity index (χ2n) is 7.49. The van der Waals surface area contributed by atoms with Crippen molar-refractivity contribution in [2.45, 2.75) is 70.2 Å². The Kier molecular flexibility index (Phi) is 4.73. The summed E-state index contributed by atoms with van der Waals surface area (Å²) in [5.74, 6) is -0.888. The Morgan fingerprint density at radius 3 is 2.83 bits per heavy atom. The van der Waals surface area contributed by atoms with E-state index in [-0.39, 0.29) is 0 Å². The number of aliphatic carboxylic acids is 1. The van der Waals surface area contributed by atoms with Gasteiger partial charge >= 0.3 is 5.97 Å². The van der Waals surface area contributed by atoms with E-state index in [4.69, 9.17) is 4.74 Å². The van der Waals surface area contributed by atoms with E-state index < -0.39 is 17.7 Å². The normalized spacial score (nSPS) is 26.3. The molecule has 1 aliphatic heterocycles. The summed E-state index contributed by atoms with van der Waals surface area (Å²) in [5.41, 5.74) is 0.707. The molecule has 0 bridgehead atoms. The van der Waals surface area contributed by atoms with E-state index >= 15 is 0 Å². The van der Waals surface area contributed by atoms with Gasteiger partial charge in [0.2, 0.25) is 0 Å². The maximum absolute atomic E-state index is 11.3. The van der Waals surface area contributed by atoms with Crippen LogP contribution in [0.3, 0.4) is 0 Å². The smallest absolute Gasteiger partial charge is 0.334 e. The third kappa shape index (κ3) is 4.12. The summed E-state index contributed by atoms with van der Waals surface area (Å²) < 4.78 is 7.75. The average Bonchev–Trinajstić information content (AvgIpc) is 2.95. The van der Waals surface area contributed by atoms with Crippen molar-refractivity contribution in [1.29, 1.82) is 0 Å². The third-order valence-electron chi connectivity index (χ3n) is 4.78. The molecule has 6 heteroatoms. The van der Waals surface area contributed by atoms with Crippen molar-refractivity contribution in [3.63, 3.8) is 0 Å². The van der Waals surface area contributed by atoms with Crippen LogP contribution in [0, 0.1) is 0 Å². The molecule has 1 N–H and O–H groups in total. The molecular formula is C17H27N3O3. The molecule has 1 saturated heterocycles. The van der Waals surface area contributed by atoms with Crippen molar-refractivity contribution in [2.24, 2.45) is 0 Å². The van der Waals surface area contributed by atoms with Crippen LogP contribution in [-0.2, 0) is 16.1 Å². The first-order valence-corrected chi connectivity index (χ1v) is 8.59. The minimum absolute atomic E-state index is 0.424. The second kappa shape index (κ2) is 6.61. The first-order valence-electron chi connectivity index (χ1n) is 8.59. The minimum atomic E-state index is -0.888. The van der Waals surface area contributed by atoms with Gasteiger partial charge in [-0.3, -0.25) is 9.58 Å². The van der Waals surface area contributed by atoms with Gasteiger partial charge in [0.15, 0.2) is 6.10 Å². The van der Waals surface area contributed by atoms with E-state index in [1.165, 1.54) is 32.1 Å². The van der Waals surface area contributed by atoms with E-state index in [0.29, 0.717) is 12.6 Å². The van der Waals surface area contributed by atoms with Gasteiger partial charge in [-0.15, -0.1) is 0 Å². The molecule has 128 valence electrons. The van der Waals surface area contributed by atoms with E-state index in [9.17, 15) is 9.90 Å². The molecule has 1 unspecified atom stereocenters. The lowest BCUT2D eigenvalue weighted by molar-refractivity contribution is -0.178. The number of morpholine rings is 1. The number of ether oxygens (including phenoxy) is 1. The fourth-order valence-corrected chi connectivity index (χ4v) is 3.81. The molecule has 1 aromatic heterocycles. The molecule has 0 spiro atoms. The number of carboxylic acid groups (broad SMARTS) is 1. The fraction of sp³-hybridized carbons (Fsp3) is 0.765. The monoisotopic (exact) mass is 321 g/mol. The predicted octanol–water partition coefficient (Wildman–Crippen LogP) is 2.45. The van der Waals surface area contributed by atoms with E-state index in [0.717, 1.165) is 18.7 Å². The summed E-state index contributed by atoms with van der Waals surface area (Å²) in [7, 11) is 0. The first kappa shape index (κ1) is 16.5. The van der Waals surface area contributed by atoms with E-state index in [1.54, 1.807) is 0 Å². The van der Waals surface area contributed by atoms with E-state index in [2.05, 4.69) is 20.9 Å². The zero-order valence-electron chi connectivity index (χ0n) is 14.1. The van der Waals surface area contributed by atoms with Gasteiger partial charge < -0.3 is 9.84 Å². The highest BCUT2D eigenvalue weighted by Gasteiger charge is 2.37. The van der Waals surface area contributed by atoms with Crippen LogP contribution in [0.4, 0.5) is 0 Å². The van der Waals surface area contributed by atoms with Crippen LogP contribution in [-0.4, -0.2) is 50.6 Å². The highest BCUT2D eigenvalue weighted by Crippen LogP contribution is 2.28. The third-order valence-corrected chi connectivity index (χ3v) is 4.78. The molecule has 0 aromatic carbocycles. The van der Waals surface area contributed by atoms with Crippen molar-refractivity contribution >= 4 is 5.97 Å². The minimum Gasteiger partial charge on any atom is -0.479 e. The molecule has 1 saturated carbocycles. The number of hydrogen-bond acceptors (Lipinski definition) is 4. The summed E-state index contributed by atoms with van der Waals surface area (Å²) in [6.45, 7) is 5.77. The Hall–Kier alpha value is -1.40. The number of carbonyl (C=O) groups is 1. The predicted molar refractivity (Wildman–Crippen MR) is 86.2 cm³/mol. The van der Waals surface area contributed by atoms with Crippen molar-refractivity contribution in [3.8, 4) is 0 Å². The fourth-order valence-electron chi connectivity index (χ4n) is 3.81. The average molecular weight is 321 g/mol. The molecule has 3 rings (SSSR count). The summed E-state index contributed by atoms with van der Waals surface area (Å²) in [4.78, 5) is 13.4. The van der Waals surface area contributed by atoms with Crippen LogP contribution in [0.5, 0.6) is 0 Å². The van der Waals surface area contributed by atoms with Gasteiger partial charge in [0.25, 0.3) is 0 Å². The summed E-state index contributed by atoms with van der Waals surface area (Å²) >= 11 is 0. The molecule has 23 heavy (non-hydrogen) atoms. The van der Waals surface area contributed by atoms with Gasteiger partial charge in [-0.2, -0.15) is 5.10 Å². The number of hydrogen-bond donors (Lipinski definition) is 1. The summed E-state index contributed by atoms with van der Waals surface area (Å²) in [5, 5.41) is 13.8. The SMILES string of the molecule is CC1(C)CN(Cc2cnn(C3CCCCC3)c2)CC(C(=O)O)O1. The Morgan fingerprint density at radius 1 is 1.39 bits per heavy atom. The second-order valence-corrected chi connectivity index (χ2v) is 7.49. The number of carboxylic acids is 1. The summed E-state index contributed by atoms with van der Waals surface area (Å²) in [6, 6.07) is 0.533. The van der Waals surface area contributed by atoms with Crippen LogP contribution < -0.4 is 0 Å². The zero-order chi connectivity index (χ0) is 16.4. The molecule has 2 heterocycles. The van der Waals surface area contributed by atoms with Crippen LogP contribution in [0.15, 0.2) is 12.4 Å². The largest absolute Gasteiger partial charge is 0.479 e. The maximum atomic E-state index is 11.3. The van der Waals surface area contributed by atoms with Gasteiger partial charge in [-0.25, -0.2) is 4.79 Å². The van der Waals surface area contributed by atoms with Gasteiger partial charge in [-0.1, -0.05) is 19.3 Å². The van der Waals surface area contributed by atoms with Gasteiger partial charge in [0.05, 0.1) is 17.8 Å². The number of nitrogens with zero attached hydrogens (tertiary/aromatic N) is 3. The molecular weight excluding hydrogens is 294 g/mol. The topological polar surface area (TPSA) is 67.6 Å². The Labute approximate surface area is 137 Å². The Morgan fingerprint density at radius 2 is 2.13 bits per heavy atom. The lowest BCUT2D eigenvalue weighted by Crippen LogP contribution is -2.54. The van der Waals surface area contributed by atoms with Crippen molar-refractivity contribution < 1.29 is 14.6 Å². The highest BCUT2D eigenvalue weighted by atomic mass is 16.5. The number of aromatic nitrogens is 2. The van der Waals surface area contributed by atoms with Crippen LogP contribution in [0.25, 0.3) is 0 Å². The zero-order valence-corrected chi connectivity index (χ0v) is 14.1. The van der Waals surface area contributed by atoms with Crippen molar-refractivity contribution in [1.82, 2.24) is 14.7 Å². The molecule has 2 fully saturated rings. The van der Waals surface area contributed by atoms with E-state index in [1.807, 2.05) is 20.0 Å². The van der Waals surface area contributed by atoms with Gasteiger partial charge in [0, 0.05) is 31.4 Å². The quantitative estimate of drug-likeness (QED) is 0.922. The lowest BCUT2D eigenvalue weighted by Gasteiger charge is -2.41. The van der Waals surface area contributed by atoms with Crippen LogP contribution in [0.1, 0.15) is 57.6 Å². The standard InChI is InChI=1S/C17H27N3O3/c1-17(2)12-19(11-15(23-17)16(21)22)9-13-8-18-20(10-13)14-6-4-3-5-7-14/h8,10,14-15H,3-7,9,11-12H2,1-2H3,(H,21,22). The number of rotatable bonds is 4. The van der Waals surface area contributed by atoms with Gasteiger partial charge in [-0.05, 0) is 26.7 Å². The molecule has 1 aliphatic carbocycles. The molecule has 1 atom stereocenters. The lowest BCUT2D eigenvalue weighted by atomic mass is 9.96. The Bertz CT molecular complexity index is 549. The maximum Gasteiger partial charge on any atom is 0.334 e. The molecule has 1 aromatic rings. The van der Waals surface area contributed by atoms with Crippen LogP contribution in [0.2, 0.25) is 0 Å². The Balaban J connectivity index is 1.64. The first-order chi connectivity index (χ1) is 10.9. The van der Waals surface area contributed by atoms with Gasteiger partial charge in [0.1, 0.15) is 0 Å². The van der Waals surface area contributed by atoms with Crippen LogP contribution >= 0.6 is 0 Å². The highest BCUT2D eigenvalue weighted by molar-refractivity contribution is 5.72. The molecule has 6 nitrogen and oxygen atoms in total. The van der Waals surface area contributed by atoms with Crippen molar-refractivity contribution in [2.75, 3.05) is 13.1 Å². The summed E-state index contributed by atoms with van der Waals surface area (Å²) in [6.07, 6.45) is 9.65. The molecule has 0 radical (unpaired) electrons. The van der Waals surface area contributed by atoms with Crippen molar-refractivity contribution in [3.05, 3.63) is 18.0 Å². The molecule has 2 aliphatic rings. The molecule has 0 amide bonds.